The van der Waals surface area contributed by atoms with E-state index in [1.54, 1.807) is 0 Å². The number of rotatable bonds is 80. The molecule has 0 spiro atoms. The first kappa shape index (κ1) is 91.2. The van der Waals surface area contributed by atoms with Gasteiger partial charge in [0.25, 0.3) is 0 Å². The molecule has 3 N–H and O–H groups in total. The Morgan fingerprint density at radius 3 is 0.828 bits per heavy atom. The van der Waals surface area contributed by atoms with Crippen LogP contribution in [0.3, 0.4) is 0 Å². The predicted molar refractivity (Wildman–Crippen MR) is 404 cm³/mol. The molecule has 0 saturated heterocycles. The lowest BCUT2D eigenvalue weighted by Crippen LogP contribution is -2.29. The van der Waals surface area contributed by atoms with Gasteiger partial charge in [0.1, 0.15) is 6.61 Å². The number of hydrogen-bond donors (Lipinski definition) is 2. The van der Waals surface area contributed by atoms with Crippen LogP contribution in [0.5, 0.6) is 0 Å². The van der Waals surface area contributed by atoms with E-state index in [0.717, 1.165) is 38.5 Å². The van der Waals surface area contributed by atoms with E-state index in [9.17, 15) is 19.0 Å². The van der Waals surface area contributed by atoms with Crippen molar-refractivity contribution in [3.63, 3.8) is 0 Å². The standard InChI is InChI=1S/C83H160NO8P/c1-3-5-7-9-11-13-15-17-19-21-23-25-27-29-31-33-35-37-38-39-40-41-42-44-46-48-50-52-54-56-58-60-62-64-66-68-70-72-74-76-83(86)92-81(80-91-93(87,88)90-78-77-84)79-89-82(85)75-73-71-69-67-65-63-61-59-57-55-53-51-49-47-45-43-36-34-32-30-28-26-24-22-20-18-16-14-12-10-8-6-4-2/h15,17,21-24,81H,3-14,16,18-20,25-80,84H2,1-2H3,(H,87,88)/b17-15-,23-21-,24-22-. The maximum atomic E-state index is 12.8. The van der Waals surface area contributed by atoms with Gasteiger partial charge in [-0.3, -0.25) is 18.6 Å². The average molecular weight is 1330 g/mol. The number of carbonyl (C=O) groups is 2. The van der Waals surface area contributed by atoms with Gasteiger partial charge in [0, 0.05) is 19.4 Å². The molecule has 0 aliphatic carbocycles. The molecule has 2 unspecified atom stereocenters. The number of phosphoric acid groups is 1. The quantitative estimate of drug-likeness (QED) is 0.0264. The molecule has 0 aliphatic heterocycles. The maximum absolute atomic E-state index is 12.8. The third-order valence-corrected chi connectivity index (χ3v) is 20.0. The van der Waals surface area contributed by atoms with E-state index in [4.69, 9.17) is 24.3 Å². The van der Waals surface area contributed by atoms with Gasteiger partial charge in [-0.05, 0) is 70.6 Å². The number of nitrogens with two attached hydrogens (primary N) is 1. The minimum Gasteiger partial charge on any atom is -0.462 e. The van der Waals surface area contributed by atoms with Crippen LogP contribution in [0.15, 0.2) is 36.5 Å². The molecule has 550 valence electrons. The molecule has 2 atom stereocenters. The molecule has 9 nitrogen and oxygen atoms in total. The van der Waals surface area contributed by atoms with Crippen LogP contribution in [0.25, 0.3) is 0 Å². The molecule has 0 heterocycles. The summed E-state index contributed by atoms with van der Waals surface area (Å²) in [6.07, 6.45) is 102. The Morgan fingerprint density at radius 2 is 0.559 bits per heavy atom. The monoisotopic (exact) mass is 1330 g/mol. The summed E-state index contributed by atoms with van der Waals surface area (Å²) in [6.45, 7) is 3.82. The van der Waals surface area contributed by atoms with Crippen molar-refractivity contribution >= 4 is 19.8 Å². The number of unbranched alkanes of at least 4 members (excludes halogenated alkanes) is 61. The van der Waals surface area contributed by atoms with Crippen LogP contribution in [0.4, 0.5) is 0 Å². The highest BCUT2D eigenvalue weighted by Gasteiger charge is 2.26. The van der Waals surface area contributed by atoms with Gasteiger partial charge >= 0.3 is 19.8 Å². The number of hydrogen-bond acceptors (Lipinski definition) is 8. The smallest absolute Gasteiger partial charge is 0.462 e. The van der Waals surface area contributed by atoms with E-state index in [1.807, 2.05) is 0 Å². The lowest BCUT2D eigenvalue weighted by Gasteiger charge is -2.19. The Hall–Kier alpha value is -1.77. The predicted octanol–water partition coefficient (Wildman–Crippen LogP) is 27.8. The van der Waals surface area contributed by atoms with Gasteiger partial charge in [-0.25, -0.2) is 4.57 Å². The van der Waals surface area contributed by atoms with Gasteiger partial charge in [0.15, 0.2) is 6.10 Å². The van der Waals surface area contributed by atoms with Gasteiger partial charge in [-0.15, -0.1) is 0 Å². The van der Waals surface area contributed by atoms with Crippen molar-refractivity contribution in [1.29, 1.82) is 0 Å². The largest absolute Gasteiger partial charge is 0.472 e. The highest BCUT2D eigenvalue weighted by Crippen LogP contribution is 2.43. The van der Waals surface area contributed by atoms with Crippen molar-refractivity contribution in [2.45, 2.75) is 457 Å². The summed E-state index contributed by atoms with van der Waals surface area (Å²) in [7, 11) is -4.39. The fraction of sp³-hybridized carbons (Fsp3) is 0.904. The molecule has 93 heavy (non-hydrogen) atoms. The van der Waals surface area contributed by atoms with Crippen LogP contribution in [0, 0.1) is 0 Å². The first-order chi connectivity index (χ1) is 45.8. The molecule has 0 radical (unpaired) electrons. The Kier molecular flexibility index (Phi) is 77.7. The highest BCUT2D eigenvalue weighted by atomic mass is 31.2. The van der Waals surface area contributed by atoms with Gasteiger partial charge in [-0.1, -0.05) is 403 Å². The highest BCUT2D eigenvalue weighted by molar-refractivity contribution is 7.47. The van der Waals surface area contributed by atoms with E-state index >= 15 is 0 Å². The molecule has 0 bridgehead atoms. The van der Waals surface area contributed by atoms with Crippen LogP contribution >= 0.6 is 7.82 Å². The molecule has 0 aromatic heterocycles. The second-order valence-electron chi connectivity index (χ2n) is 28.3. The van der Waals surface area contributed by atoms with Gasteiger partial charge in [0.2, 0.25) is 0 Å². The molecular formula is C83H160NO8P. The summed E-state index contributed by atoms with van der Waals surface area (Å²) in [6, 6.07) is 0. The molecule has 0 fully saturated rings. The zero-order valence-electron chi connectivity index (χ0n) is 62.3. The molecular weight excluding hydrogens is 1170 g/mol. The summed E-state index contributed by atoms with van der Waals surface area (Å²) in [5.41, 5.74) is 5.42. The van der Waals surface area contributed by atoms with Crippen molar-refractivity contribution in [3.05, 3.63) is 36.5 Å². The van der Waals surface area contributed by atoms with Gasteiger partial charge in [-0.2, -0.15) is 0 Å². The summed E-state index contributed by atoms with van der Waals surface area (Å²) in [5.74, 6) is -0.799. The molecule has 0 amide bonds. The van der Waals surface area contributed by atoms with Gasteiger partial charge < -0.3 is 20.1 Å². The summed E-state index contributed by atoms with van der Waals surface area (Å²) >= 11 is 0. The number of ether oxygens (including phenoxy) is 2. The molecule has 0 aliphatic rings. The Balaban J connectivity index is 3.73. The second kappa shape index (κ2) is 79.2. The fourth-order valence-electron chi connectivity index (χ4n) is 12.8. The van der Waals surface area contributed by atoms with Crippen LogP contribution in [-0.2, 0) is 32.7 Å². The van der Waals surface area contributed by atoms with Crippen molar-refractivity contribution in [3.8, 4) is 0 Å². The normalized spacial score (nSPS) is 12.9. The van der Waals surface area contributed by atoms with Crippen LogP contribution in [0.1, 0.15) is 450 Å². The zero-order chi connectivity index (χ0) is 67.2. The summed E-state index contributed by atoms with van der Waals surface area (Å²) < 4.78 is 33.3. The number of phosphoric ester groups is 1. The zero-order valence-corrected chi connectivity index (χ0v) is 63.2. The Labute approximate surface area is 579 Å². The molecule has 0 rings (SSSR count). The van der Waals surface area contributed by atoms with Crippen molar-refractivity contribution < 1.29 is 37.6 Å². The minimum absolute atomic E-state index is 0.0570. The van der Waals surface area contributed by atoms with E-state index in [2.05, 4.69) is 50.3 Å². The van der Waals surface area contributed by atoms with Crippen LogP contribution in [0.2, 0.25) is 0 Å². The van der Waals surface area contributed by atoms with Crippen molar-refractivity contribution in [2.24, 2.45) is 5.73 Å². The molecule has 10 heteroatoms. The van der Waals surface area contributed by atoms with Gasteiger partial charge in [0.05, 0.1) is 13.2 Å². The Bertz CT molecular complexity index is 1620. The van der Waals surface area contributed by atoms with E-state index < -0.39 is 26.5 Å². The maximum Gasteiger partial charge on any atom is 0.472 e. The number of carbonyl (C=O) groups excluding carboxylic acids is 2. The molecule has 0 aromatic carbocycles. The van der Waals surface area contributed by atoms with Crippen molar-refractivity contribution in [2.75, 3.05) is 26.4 Å². The van der Waals surface area contributed by atoms with E-state index in [1.165, 1.54) is 379 Å². The first-order valence-electron chi connectivity index (χ1n) is 41.5. The molecule has 0 saturated carbocycles. The second-order valence-corrected chi connectivity index (χ2v) is 29.8. The third-order valence-electron chi connectivity index (χ3n) is 19.0. The summed E-state index contributed by atoms with van der Waals surface area (Å²) in [4.78, 5) is 35.5. The third kappa shape index (κ3) is 79.1. The topological polar surface area (TPSA) is 134 Å². The van der Waals surface area contributed by atoms with Crippen LogP contribution in [-0.4, -0.2) is 49.3 Å². The van der Waals surface area contributed by atoms with E-state index in [-0.39, 0.29) is 38.6 Å². The molecule has 0 aromatic rings. The minimum atomic E-state index is -4.39. The number of allylic oxidation sites excluding steroid dienone is 6. The number of esters is 2. The first-order valence-corrected chi connectivity index (χ1v) is 43.0. The lowest BCUT2D eigenvalue weighted by atomic mass is 10.0. The fourth-order valence-corrected chi connectivity index (χ4v) is 13.6. The summed E-state index contributed by atoms with van der Waals surface area (Å²) in [5, 5.41) is 0. The SMILES string of the molecule is CCCCCCC/C=C\C/C=C\CCCCCCCCCCCCCCCCCCCCCCCCCCCCCC(=O)OC(COC(=O)CCCCCCCCCCCCCCCCCCCCCCC/C=C\CCCCCCCCCC)COP(=O)(O)OCCN. The van der Waals surface area contributed by atoms with E-state index in [0.29, 0.717) is 6.42 Å². The average Bonchev–Trinajstić information content (AvgIpc) is 3.60. The van der Waals surface area contributed by atoms with Crippen molar-refractivity contribution in [1.82, 2.24) is 0 Å². The Morgan fingerprint density at radius 1 is 0.323 bits per heavy atom. The lowest BCUT2D eigenvalue weighted by molar-refractivity contribution is -0.161. The van der Waals surface area contributed by atoms with Crippen LogP contribution < -0.4 is 5.73 Å².